The molecule has 0 aliphatic carbocycles. The van der Waals surface area contributed by atoms with Gasteiger partial charge in [0.25, 0.3) is 11.5 Å². The average Bonchev–Trinajstić information content (AvgIpc) is 3.43. The fourth-order valence-electron chi connectivity index (χ4n) is 3.81. The Balaban J connectivity index is 1.51. The molecular weight excluding hydrogens is 478 g/mol. The zero-order valence-corrected chi connectivity index (χ0v) is 20.3. The maximum atomic E-state index is 12.8. The van der Waals surface area contributed by atoms with Crippen molar-refractivity contribution in [3.8, 4) is 5.69 Å². The van der Waals surface area contributed by atoms with Crippen molar-refractivity contribution in [2.45, 2.75) is 26.1 Å². The van der Waals surface area contributed by atoms with Crippen molar-refractivity contribution in [3.05, 3.63) is 79.4 Å². The summed E-state index contributed by atoms with van der Waals surface area (Å²) in [6.45, 7) is 2.66. The Hall–Kier alpha value is -3.14. The first-order chi connectivity index (χ1) is 16.4. The highest BCUT2D eigenvalue weighted by Gasteiger charge is 2.33. The first-order valence-corrected chi connectivity index (χ1v) is 11.9. The van der Waals surface area contributed by atoms with Gasteiger partial charge in [-0.05, 0) is 42.8 Å². The molecule has 0 spiro atoms. The lowest BCUT2D eigenvalue weighted by Crippen LogP contribution is -2.34. The average molecular weight is 502 g/mol. The highest BCUT2D eigenvalue weighted by Crippen LogP contribution is 2.27. The number of anilines is 1. The van der Waals surface area contributed by atoms with Crippen LogP contribution in [0.2, 0.25) is 4.34 Å². The smallest absolute Gasteiger partial charge is 0.414 e. The van der Waals surface area contributed by atoms with Gasteiger partial charge in [-0.1, -0.05) is 24.6 Å². The van der Waals surface area contributed by atoms with E-state index in [9.17, 15) is 14.4 Å². The second kappa shape index (κ2) is 10.4. The SMILES string of the molecule is CCc1cccn(-c2ccc(N3CC(CNC(=O)c4ccc(Cl)s4)OC3=O)cc2COC)c1=O. The number of ether oxygens (including phenoxy) is 2. The molecule has 8 nitrogen and oxygen atoms in total. The molecule has 0 bridgehead atoms. The van der Waals surface area contributed by atoms with E-state index in [1.165, 1.54) is 16.2 Å². The molecule has 1 atom stereocenters. The zero-order valence-electron chi connectivity index (χ0n) is 18.7. The van der Waals surface area contributed by atoms with Gasteiger partial charge in [0.15, 0.2) is 0 Å². The van der Waals surface area contributed by atoms with Crippen LogP contribution in [0.4, 0.5) is 10.5 Å². The van der Waals surface area contributed by atoms with E-state index < -0.39 is 12.2 Å². The maximum absolute atomic E-state index is 12.8. The highest BCUT2D eigenvalue weighted by molar-refractivity contribution is 7.18. The molecule has 1 saturated heterocycles. The lowest BCUT2D eigenvalue weighted by Gasteiger charge is -2.18. The fourth-order valence-corrected chi connectivity index (χ4v) is 4.77. The predicted molar refractivity (Wildman–Crippen MR) is 131 cm³/mol. The van der Waals surface area contributed by atoms with Crippen molar-refractivity contribution in [1.29, 1.82) is 0 Å². The van der Waals surface area contributed by atoms with Crippen molar-refractivity contribution >= 4 is 40.6 Å². The number of halogens is 1. The van der Waals surface area contributed by atoms with Gasteiger partial charge < -0.3 is 14.8 Å². The first kappa shape index (κ1) is 24.0. The zero-order chi connectivity index (χ0) is 24.2. The van der Waals surface area contributed by atoms with E-state index in [-0.39, 0.29) is 31.2 Å². The van der Waals surface area contributed by atoms with Crippen LogP contribution in [0.1, 0.15) is 27.7 Å². The molecule has 0 radical (unpaired) electrons. The molecule has 1 unspecified atom stereocenters. The predicted octanol–water partition coefficient (Wildman–Crippen LogP) is 4.02. The molecule has 0 saturated carbocycles. The van der Waals surface area contributed by atoms with Gasteiger partial charge >= 0.3 is 6.09 Å². The van der Waals surface area contributed by atoms with Crippen molar-refractivity contribution in [2.75, 3.05) is 25.1 Å². The third-order valence-electron chi connectivity index (χ3n) is 5.50. The summed E-state index contributed by atoms with van der Waals surface area (Å²) in [6, 6.07) is 12.4. The molecule has 1 fully saturated rings. The van der Waals surface area contributed by atoms with Gasteiger partial charge in [0.2, 0.25) is 0 Å². The molecule has 34 heavy (non-hydrogen) atoms. The minimum absolute atomic E-state index is 0.0847. The number of methoxy groups -OCH3 is 1. The van der Waals surface area contributed by atoms with Crippen LogP contribution in [-0.2, 0) is 22.5 Å². The van der Waals surface area contributed by atoms with Crippen LogP contribution in [0, 0.1) is 0 Å². The van der Waals surface area contributed by atoms with Crippen molar-refractivity contribution < 1.29 is 19.1 Å². The molecule has 1 N–H and O–H groups in total. The standard InChI is InChI=1S/C24H24ClN3O5S/c1-3-15-5-4-10-27(23(15)30)19-7-6-17(11-16(19)14-32-2)28-13-18(33-24(28)31)12-26-22(29)20-8-9-21(25)34-20/h4-11,18H,3,12-14H2,1-2H3,(H,26,29). The summed E-state index contributed by atoms with van der Waals surface area (Å²) < 4.78 is 12.9. The normalized spacial score (nSPS) is 15.4. The Kier molecular flexibility index (Phi) is 7.35. The second-order valence-corrected chi connectivity index (χ2v) is 9.45. The van der Waals surface area contributed by atoms with E-state index >= 15 is 0 Å². The summed E-state index contributed by atoms with van der Waals surface area (Å²) in [5.41, 5.74) is 2.71. The number of carbonyl (C=O) groups excluding carboxylic acids is 2. The van der Waals surface area contributed by atoms with Gasteiger partial charge in [-0.3, -0.25) is 19.1 Å². The summed E-state index contributed by atoms with van der Waals surface area (Å²) in [5.74, 6) is -0.266. The van der Waals surface area contributed by atoms with Crippen molar-refractivity contribution in [3.63, 3.8) is 0 Å². The summed E-state index contributed by atoms with van der Waals surface area (Å²) in [4.78, 5) is 39.6. The van der Waals surface area contributed by atoms with Gasteiger partial charge in [0.05, 0.1) is 34.6 Å². The number of nitrogens with one attached hydrogen (secondary N) is 1. The molecule has 10 heteroatoms. The van der Waals surface area contributed by atoms with Crippen molar-refractivity contribution in [2.24, 2.45) is 0 Å². The number of hydrogen-bond acceptors (Lipinski definition) is 6. The van der Waals surface area contributed by atoms with Gasteiger partial charge in [-0.25, -0.2) is 4.79 Å². The van der Waals surface area contributed by atoms with Crippen LogP contribution in [0.5, 0.6) is 0 Å². The third kappa shape index (κ3) is 5.01. The fraction of sp³-hybridized carbons (Fsp3) is 0.292. The van der Waals surface area contributed by atoms with Crippen LogP contribution in [0.15, 0.2) is 53.5 Å². The molecule has 2 amide bonds. The maximum Gasteiger partial charge on any atom is 0.414 e. The Morgan fingerprint density at radius 2 is 2.06 bits per heavy atom. The van der Waals surface area contributed by atoms with Crippen LogP contribution in [0.25, 0.3) is 5.69 Å². The molecule has 4 rings (SSSR count). The Bertz CT molecular complexity index is 1270. The van der Waals surface area contributed by atoms with Gasteiger partial charge in [-0.15, -0.1) is 11.3 Å². The lowest BCUT2D eigenvalue weighted by atomic mass is 10.1. The summed E-state index contributed by atoms with van der Waals surface area (Å²) in [6.07, 6.45) is 1.36. The molecular formula is C24H24ClN3O5S. The number of pyridine rings is 1. The van der Waals surface area contributed by atoms with Crippen LogP contribution in [-0.4, -0.2) is 42.9 Å². The third-order valence-corrected chi connectivity index (χ3v) is 6.73. The monoisotopic (exact) mass is 501 g/mol. The topological polar surface area (TPSA) is 89.9 Å². The quantitative estimate of drug-likeness (QED) is 0.503. The Morgan fingerprint density at radius 3 is 2.76 bits per heavy atom. The molecule has 3 heterocycles. The summed E-state index contributed by atoms with van der Waals surface area (Å²) in [7, 11) is 1.57. The Morgan fingerprint density at radius 1 is 1.24 bits per heavy atom. The van der Waals surface area contributed by atoms with Crippen molar-refractivity contribution in [1.82, 2.24) is 9.88 Å². The number of carbonyl (C=O) groups is 2. The summed E-state index contributed by atoms with van der Waals surface area (Å²) in [5, 5.41) is 2.78. The number of benzene rings is 1. The van der Waals surface area contributed by atoms with Crippen LogP contribution >= 0.6 is 22.9 Å². The van der Waals surface area contributed by atoms with Crippen LogP contribution in [0.3, 0.4) is 0 Å². The van der Waals surface area contributed by atoms with Gasteiger partial charge in [0, 0.05) is 30.1 Å². The lowest BCUT2D eigenvalue weighted by molar-refractivity contribution is 0.0920. The molecule has 1 aromatic carbocycles. The van der Waals surface area contributed by atoms with E-state index in [0.29, 0.717) is 32.6 Å². The number of aromatic nitrogens is 1. The largest absolute Gasteiger partial charge is 0.442 e. The molecule has 3 aromatic rings. The van der Waals surface area contributed by atoms with Crippen LogP contribution < -0.4 is 15.8 Å². The van der Waals surface area contributed by atoms with Gasteiger partial charge in [0.1, 0.15) is 6.10 Å². The first-order valence-electron chi connectivity index (χ1n) is 10.8. The number of thiophene rings is 1. The second-order valence-electron chi connectivity index (χ2n) is 7.74. The number of hydrogen-bond donors (Lipinski definition) is 1. The molecule has 1 aliphatic rings. The highest BCUT2D eigenvalue weighted by atomic mass is 35.5. The Labute approximate surface area is 205 Å². The number of rotatable bonds is 8. The van der Waals surface area contributed by atoms with E-state index in [0.717, 1.165) is 5.56 Å². The van der Waals surface area contributed by atoms with E-state index in [2.05, 4.69) is 5.32 Å². The van der Waals surface area contributed by atoms with E-state index in [4.69, 9.17) is 21.1 Å². The number of nitrogens with zero attached hydrogens (tertiary/aromatic N) is 2. The minimum Gasteiger partial charge on any atom is -0.442 e. The van der Waals surface area contributed by atoms with E-state index in [1.54, 1.807) is 42.1 Å². The molecule has 178 valence electrons. The number of aryl methyl sites for hydroxylation is 1. The molecule has 1 aliphatic heterocycles. The summed E-state index contributed by atoms with van der Waals surface area (Å²) >= 11 is 7.07. The molecule has 2 aromatic heterocycles. The minimum atomic E-state index is -0.500. The van der Waals surface area contributed by atoms with E-state index in [1.807, 2.05) is 25.1 Å². The number of cyclic esters (lactones) is 1. The van der Waals surface area contributed by atoms with Gasteiger partial charge in [-0.2, -0.15) is 0 Å². The number of amides is 2.